The van der Waals surface area contributed by atoms with E-state index in [1.807, 2.05) is 0 Å². The lowest BCUT2D eigenvalue weighted by Crippen LogP contribution is -2.41. The Bertz CT molecular complexity index is 979. The summed E-state index contributed by atoms with van der Waals surface area (Å²) in [5.74, 6) is -1.56. The standard InChI is InChI=1S/C17H15Cl2FN2O4S/c18-12-2-4-15(13(19)10-12)21-17(23)11-1-3-14(20)16(9-11)27(24,25)22-5-7-26-8-6-22/h1-4,9-10H,5-8H2,(H,21,23). The van der Waals surface area contributed by atoms with Crippen LogP contribution in [-0.2, 0) is 14.8 Å². The molecule has 1 amide bonds. The van der Waals surface area contributed by atoms with Crippen molar-refractivity contribution in [2.45, 2.75) is 4.90 Å². The quantitative estimate of drug-likeness (QED) is 0.802. The molecule has 0 saturated carbocycles. The molecule has 1 heterocycles. The van der Waals surface area contributed by atoms with Crippen LogP contribution in [0.1, 0.15) is 10.4 Å². The first-order chi connectivity index (χ1) is 12.8. The summed E-state index contributed by atoms with van der Waals surface area (Å²) in [6.45, 7) is 0.712. The highest BCUT2D eigenvalue weighted by molar-refractivity contribution is 7.89. The summed E-state index contributed by atoms with van der Waals surface area (Å²) < 4.78 is 45.9. The zero-order valence-electron chi connectivity index (χ0n) is 13.9. The second-order valence-corrected chi connectivity index (χ2v) is 8.49. The minimum Gasteiger partial charge on any atom is -0.379 e. The van der Waals surface area contributed by atoms with E-state index in [2.05, 4.69) is 5.32 Å². The maximum atomic E-state index is 14.2. The van der Waals surface area contributed by atoms with Crippen LogP contribution >= 0.6 is 23.2 Å². The zero-order chi connectivity index (χ0) is 19.6. The second-order valence-electron chi connectivity index (χ2n) is 5.74. The van der Waals surface area contributed by atoms with Crippen molar-refractivity contribution in [3.8, 4) is 0 Å². The van der Waals surface area contributed by atoms with Gasteiger partial charge >= 0.3 is 0 Å². The number of carbonyl (C=O) groups excluding carboxylic acids is 1. The minimum atomic E-state index is -4.08. The molecule has 3 rings (SSSR count). The van der Waals surface area contributed by atoms with Crippen LogP contribution in [0.3, 0.4) is 0 Å². The number of nitrogens with one attached hydrogen (secondary N) is 1. The van der Waals surface area contributed by atoms with Gasteiger partial charge in [0, 0.05) is 23.7 Å². The maximum absolute atomic E-state index is 14.2. The molecular formula is C17H15Cl2FN2O4S. The van der Waals surface area contributed by atoms with Crippen LogP contribution in [0.15, 0.2) is 41.3 Å². The molecule has 1 N–H and O–H groups in total. The van der Waals surface area contributed by atoms with Gasteiger partial charge in [-0.3, -0.25) is 4.79 Å². The highest BCUT2D eigenvalue weighted by atomic mass is 35.5. The molecule has 144 valence electrons. The third-order valence-corrected chi connectivity index (χ3v) is 6.42. The number of ether oxygens (including phenoxy) is 1. The number of amides is 1. The van der Waals surface area contributed by atoms with Crippen LogP contribution in [0, 0.1) is 5.82 Å². The first kappa shape index (κ1) is 20.0. The van der Waals surface area contributed by atoms with Gasteiger partial charge in [0.2, 0.25) is 10.0 Å². The average Bonchev–Trinajstić information content (AvgIpc) is 2.65. The summed E-state index contributed by atoms with van der Waals surface area (Å²) in [5, 5.41) is 3.17. The van der Waals surface area contributed by atoms with Crippen LogP contribution in [0.5, 0.6) is 0 Å². The lowest BCUT2D eigenvalue weighted by Gasteiger charge is -2.26. The van der Waals surface area contributed by atoms with E-state index in [4.69, 9.17) is 27.9 Å². The van der Waals surface area contributed by atoms with E-state index in [9.17, 15) is 17.6 Å². The van der Waals surface area contributed by atoms with Gasteiger partial charge in [-0.2, -0.15) is 4.31 Å². The highest BCUT2D eigenvalue weighted by Crippen LogP contribution is 2.27. The van der Waals surface area contributed by atoms with Crippen molar-refractivity contribution in [1.29, 1.82) is 0 Å². The van der Waals surface area contributed by atoms with Crippen LogP contribution in [0.4, 0.5) is 10.1 Å². The van der Waals surface area contributed by atoms with Gasteiger partial charge in [-0.05, 0) is 36.4 Å². The molecule has 1 aliphatic heterocycles. The molecule has 0 atom stereocenters. The number of sulfonamides is 1. The number of hydrogen-bond acceptors (Lipinski definition) is 4. The summed E-state index contributed by atoms with van der Waals surface area (Å²) in [6.07, 6.45) is 0. The first-order valence-corrected chi connectivity index (χ1v) is 10.1. The fraction of sp³-hybridized carbons (Fsp3) is 0.235. The Labute approximate surface area is 165 Å². The number of anilines is 1. The Morgan fingerprint density at radius 2 is 1.81 bits per heavy atom. The van der Waals surface area contributed by atoms with Crippen molar-refractivity contribution in [1.82, 2.24) is 4.31 Å². The molecule has 2 aromatic carbocycles. The summed E-state index contributed by atoms with van der Waals surface area (Å²) in [5.41, 5.74) is 0.280. The van der Waals surface area contributed by atoms with Crippen LogP contribution in [-0.4, -0.2) is 44.9 Å². The van der Waals surface area contributed by atoms with Crippen molar-refractivity contribution in [2.24, 2.45) is 0 Å². The summed E-state index contributed by atoms with van der Waals surface area (Å²) >= 11 is 11.8. The smallest absolute Gasteiger partial charge is 0.255 e. The Balaban J connectivity index is 1.89. The van der Waals surface area contributed by atoms with Crippen LogP contribution < -0.4 is 5.32 Å². The summed E-state index contributed by atoms with van der Waals surface area (Å²) in [7, 11) is -4.08. The second kappa shape index (κ2) is 8.12. The molecular weight excluding hydrogens is 418 g/mol. The Morgan fingerprint density at radius 3 is 2.48 bits per heavy atom. The number of hydrogen-bond donors (Lipinski definition) is 1. The molecule has 1 saturated heterocycles. The average molecular weight is 433 g/mol. The monoisotopic (exact) mass is 432 g/mol. The fourth-order valence-corrected chi connectivity index (χ4v) is 4.51. The van der Waals surface area contributed by atoms with Crippen LogP contribution in [0.25, 0.3) is 0 Å². The molecule has 0 aliphatic carbocycles. The number of halogens is 3. The molecule has 0 radical (unpaired) electrons. The van der Waals surface area contributed by atoms with E-state index in [1.54, 1.807) is 6.07 Å². The fourth-order valence-electron chi connectivity index (χ4n) is 2.55. The van der Waals surface area contributed by atoms with Gasteiger partial charge in [-0.15, -0.1) is 0 Å². The normalized spacial score (nSPS) is 15.5. The number of benzene rings is 2. The Hall–Kier alpha value is -1.71. The summed E-state index contributed by atoms with van der Waals surface area (Å²) in [6, 6.07) is 7.68. The number of nitrogens with zero attached hydrogens (tertiary/aromatic N) is 1. The first-order valence-electron chi connectivity index (χ1n) is 7.93. The van der Waals surface area contributed by atoms with Gasteiger partial charge in [-0.25, -0.2) is 12.8 Å². The Kier molecular flexibility index (Phi) is 6.02. The molecule has 10 heteroatoms. The van der Waals surface area contributed by atoms with E-state index in [-0.39, 0.29) is 36.9 Å². The SMILES string of the molecule is O=C(Nc1ccc(Cl)cc1Cl)c1ccc(F)c(S(=O)(=O)N2CCOCC2)c1. The van der Waals surface area contributed by atoms with Gasteiger partial charge in [0.15, 0.2) is 0 Å². The molecule has 1 aliphatic rings. The van der Waals surface area contributed by atoms with E-state index < -0.39 is 26.6 Å². The third-order valence-electron chi connectivity index (χ3n) is 3.96. The molecule has 27 heavy (non-hydrogen) atoms. The lowest BCUT2D eigenvalue weighted by atomic mass is 10.2. The van der Waals surface area contributed by atoms with Gasteiger partial charge in [-0.1, -0.05) is 23.2 Å². The number of morpholine rings is 1. The molecule has 0 bridgehead atoms. The van der Waals surface area contributed by atoms with Crippen molar-refractivity contribution >= 4 is 44.8 Å². The van der Waals surface area contributed by atoms with Gasteiger partial charge < -0.3 is 10.1 Å². The molecule has 2 aromatic rings. The van der Waals surface area contributed by atoms with Gasteiger partial charge in [0.05, 0.1) is 23.9 Å². The van der Waals surface area contributed by atoms with Crippen molar-refractivity contribution in [3.05, 3.63) is 57.8 Å². The zero-order valence-corrected chi connectivity index (χ0v) is 16.2. The molecule has 1 fully saturated rings. The van der Waals surface area contributed by atoms with Crippen molar-refractivity contribution in [2.75, 3.05) is 31.6 Å². The molecule has 6 nitrogen and oxygen atoms in total. The van der Waals surface area contributed by atoms with Crippen molar-refractivity contribution < 1.29 is 22.3 Å². The third kappa shape index (κ3) is 4.41. The van der Waals surface area contributed by atoms with E-state index >= 15 is 0 Å². The minimum absolute atomic E-state index is 0.0192. The number of carbonyl (C=O) groups is 1. The Morgan fingerprint density at radius 1 is 1.11 bits per heavy atom. The predicted octanol–water partition coefficient (Wildman–Crippen LogP) is 3.41. The number of rotatable bonds is 4. The molecule has 0 aromatic heterocycles. The topological polar surface area (TPSA) is 75.7 Å². The predicted molar refractivity (Wildman–Crippen MR) is 100 cm³/mol. The maximum Gasteiger partial charge on any atom is 0.255 e. The van der Waals surface area contributed by atoms with Gasteiger partial charge in [0.25, 0.3) is 5.91 Å². The molecule has 0 spiro atoms. The van der Waals surface area contributed by atoms with Crippen molar-refractivity contribution in [3.63, 3.8) is 0 Å². The highest BCUT2D eigenvalue weighted by Gasteiger charge is 2.29. The van der Waals surface area contributed by atoms with E-state index in [1.165, 1.54) is 18.2 Å². The van der Waals surface area contributed by atoms with Crippen LogP contribution in [0.2, 0.25) is 10.0 Å². The van der Waals surface area contributed by atoms with E-state index in [0.717, 1.165) is 16.4 Å². The largest absolute Gasteiger partial charge is 0.379 e. The molecule has 0 unspecified atom stereocenters. The van der Waals surface area contributed by atoms with E-state index in [0.29, 0.717) is 10.7 Å². The lowest BCUT2D eigenvalue weighted by molar-refractivity contribution is 0.0729. The summed E-state index contributed by atoms with van der Waals surface area (Å²) in [4.78, 5) is 11.9. The van der Waals surface area contributed by atoms with Gasteiger partial charge in [0.1, 0.15) is 10.7 Å².